The summed E-state index contributed by atoms with van der Waals surface area (Å²) in [7, 11) is 0. The van der Waals surface area contributed by atoms with Crippen LogP contribution >= 0.6 is 22.9 Å². The van der Waals surface area contributed by atoms with Crippen LogP contribution in [0.1, 0.15) is 30.6 Å². The van der Waals surface area contributed by atoms with Crippen molar-refractivity contribution in [3.05, 3.63) is 39.4 Å². The Hall–Kier alpha value is -1.50. The summed E-state index contributed by atoms with van der Waals surface area (Å²) in [4.78, 5) is 20.3. The second-order valence-electron chi connectivity index (χ2n) is 4.53. The van der Waals surface area contributed by atoms with Crippen molar-refractivity contribution in [2.24, 2.45) is 0 Å². The second-order valence-corrected chi connectivity index (χ2v) is 5.91. The molecule has 2 heterocycles. The van der Waals surface area contributed by atoms with E-state index in [9.17, 15) is 4.79 Å². The molecule has 2 N–H and O–H groups in total. The average molecular weight is 325 g/mol. The van der Waals surface area contributed by atoms with Crippen LogP contribution in [0.15, 0.2) is 23.7 Å². The molecule has 2 rings (SSSR count). The van der Waals surface area contributed by atoms with E-state index >= 15 is 0 Å². The Morgan fingerprint density at radius 1 is 1.48 bits per heavy atom. The molecule has 5 nitrogen and oxygen atoms in total. The topological polar surface area (TPSA) is 66.9 Å². The molecule has 0 bridgehead atoms. The molecule has 21 heavy (non-hydrogen) atoms. The van der Waals surface area contributed by atoms with Gasteiger partial charge in [0.25, 0.3) is 0 Å². The zero-order valence-electron chi connectivity index (χ0n) is 11.9. The van der Waals surface area contributed by atoms with Gasteiger partial charge in [-0.2, -0.15) is 0 Å². The zero-order valence-corrected chi connectivity index (χ0v) is 13.5. The number of halogens is 1. The van der Waals surface area contributed by atoms with E-state index in [1.54, 1.807) is 23.5 Å². The number of pyridine rings is 1. The highest BCUT2D eigenvalue weighted by Gasteiger charge is 2.11. The molecule has 112 valence electrons. The molecular weight excluding hydrogens is 308 g/mol. The number of hydrogen-bond donors (Lipinski definition) is 2. The summed E-state index contributed by atoms with van der Waals surface area (Å²) in [6.45, 7) is 4.26. The van der Waals surface area contributed by atoms with Gasteiger partial charge in [0, 0.05) is 17.6 Å². The van der Waals surface area contributed by atoms with Gasteiger partial charge in [0.1, 0.15) is 5.82 Å². The number of rotatable bonds is 6. The van der Waals surface area contributed by atoms with E-state index in [1.165, 1.54) is 6.20 Å². The van der Waals surface area contributed by atoms with Crippen molar-refractivity contribution >= 4 is 34.7 Å². The van der Waals surface area contributed by atoms with Crippen molar-refractivity contribution in [3.63, 3.8) is 0 Å². The van der Waals surface area contributed by atoms with E-state index in [4.69, 9.17) is 11.6 Å². The fourth-order valence-electron chi connectivity index (χ4n) is 1.67. The number of hydrogen-bond acceptors (Lipinski definition) is 5. The van der Waals surface area contributed by atoms with Crippen LogP contribution in [-0.4, -0.2) is 22.4 Å². The lowest BCUT2D eigenvalue weighted by atomic mass is 10.2. The number of nitrogens with one attached hydrogen (secondary N) is 2. The van der Waals surface area contributed by atoms with Crippen LogP contribution in [0.2, 0.25) is 5.02 Å². The number of amides is 1. The van der Waals surface area contributed by atoms with Crippen LogP contribution in [0.3, 0.4) is 0 Å². The van der Waals surface area contributed by atoms with Gasteiger partial charge >= 0.3 is 0 Å². The van der Waals surface area contributed by atoms with Crippen molar-refractivity contribution in [1.29, 1.82) is 0 Å². The SMILES string of the molecule is CCc1nc(C(C)NCC(=O)Nc2ccc(Cl)cn2)cs1. The monoisotopic (exact) mass is 324 g/mol. The maximum atomic E-state index is 11.8. The Kier molecular flexibility index (Phi) is 5.67. The lowest BCUT2D eigenvalue weighted by molar-refractivity contribution is -0.115. The van der Waals surface area contributed by atoms with Gasteiger partial charge < -0.3 is 10.6 Å². The van der Waals surface area contributed by atoms with Gasteiger partial charge in [-0.05, 0) is 25.5 Å². The molecule has 0 spiro atoms. The lowest BCUT2D eigenvalue weighted by Crippen LogP contribution is -2.30. The fraction of sp³-hybridized carbons (Fsp3) is 0.357. The van der Waals surface area contributed by atoms with E-state index in [-0.39, 0.29) is 18.5 Å². The van der Waals surface area contributed by atoms with Gasteiger partial charge in [-0.15, -0.1) is 11.3 Å². The lowest BCUT2D eigenvalue weighted by Gasteiger charge is -2.11. The minimum absolute atomic E-state index is 0.0328. The van der Waals surface area contributed by atoms with Crippen LogP contribution in [0.5, 0.6) is 0 Å². The summed E-state index contributed by atoms with van der Waals surface area (Å²) in [6, 6.07) is 3.38. The summed E-state index contributed by atoms with van der Waals surface area (Å²) < 4.78 is 0. The number of carbonyl (C=O) groups excluding carboxylic acids is 1. The molecule has 0 saturated heterocycles. The number of anilines is 1. The highest BCUT2D eigenvalue weighted by atomic mass is 35.5. The molecule has 2 aromatic rings. The van der Waals surface area contributed by atoms with Gasteiger partial charge in [0.15, 0.2) is 0 Å². The highest BCUT2D eigenvalue weighted by Crippen LogP contribution is 2.16. The van der Waals surface area contributed by atoms with Gasteiger partial charge in [-0.25, -0.2) is 9.97 Å². The summed E-state index contributed by atoms with van der Waals surface area (Å²) in [5.74, 6) is 0.336. The Bertz CT molecular complexity index is 599. The Balaban J connectivity index is 1.81. The summed E-state index contributed by atoms with van der Waals surface area (Å²) in [6.07, 6.45) is 2.43. The van der Waals surface area contributed by atoms with E-state index in [2.05, 4.69) is 27.5 Å². The molecule has 0 aliphatic rings. The maximum absolute atomic E-state index is 11.8. The third-order valence-electron chi connectivity index (χ3n) is 2.88. The molecule has 7 heteroatoms. The number of aryl methyl sites for hydroxylation is 1. The minimum Gasteiger partial charge on any atom is -0.310 e. The zero-order chi connectivity index (χ0) is 15.2. The first-order chi connectivity index (χ1) is 10.1. The Morgan fingerprint density at radius 3 is 2.90 bits per heavy atom. The largest absolute Gasteiger partial charge is 0.310 e. The summed E-state index contributed by atoms with van der Waals surface area (Å²) >= 11 is 7.38. The van der Waals surface area contributed by atoms with Crippen LogP contribution in [0.25, 0.3) is 0 Å². The molecule has 0 aliphatic carbocycles. The molecule has 1 atom stereocenters. The third-order valence-corrected chi connectivity index (χ3v) is 4.11. The molecule has 0 saturated carbocycles. The molecular formula is C14H17ClN4OS. The molecule has 2 aromatic heterocycles. The van der Waals surface area contributed by atoms with Gasteiger partial charge in [0.05, 0.1) is 22.3 Å². The predicted molar refractivity (Wildman–Crippen MR) is 85.8 cm³/mol. The van der Waals surface area contributed by atoms with Crippen molar-refractivity contribution < 1.29 is 4.79 Å². The van der Waals surface area contributed by atoms with E-state index in [1.807, 2.05) is 12.3 Å². The van der Waals surface area contributed by atoms with Crippen molar-refractivity contribution in [1.82, 2.24) is 15.3 Å². The first-order valence-corrected chi connectivity index (χ1v) is 7.93. The minimum atomic E-state index is -0.150. The third kappa shape index (κ3) is 4.77. The van der Waals surface area contributed by atoms with E-state index < -0.39 is 0 Å². The highest BCUT2D eigenvalue weighted by molar-refractivity contribution is 7.09. The maximum Gasteiger partial charge on any atom is 0.239 e. The second kappa shape index (κ2) is 7.49. The quantitative estimate of drug-likeness (QED) is 0.857. The number of aromatic nitrogens is 2. The van der Waals surface area contributed by atoms with E-state index in [0.717, 1.165) is 17.1 Å². The standard InChI is InChI=1S/C14H17ClN4OS/c1-3-14-18-11(8-21-14)9(2)16-7-13(20)19-12-5-4-10(15)6-17-12/h4-6,8-9,16H,3,7H2,1-2H3,(H,17,19,20). The Labute approximate surface area is 132 Å². The smallest absolute Gasteiger partial charge is 0.239 e. The number of carbonyl (C=O) groups is 1. The first kappa shape index (κ1) is 15.9. The summed E-state index contributed by atoms with van der Waals surface area (Å²) in [5.41, 5.74) is 0.967. The normalized spacial score (nSPS) is 12.1. The van der Waals surface area contributed by atoms with Crippen LogP contribution < -0.4 is 10.6 Å². The molecule has 1 unspecified atom stereocenters. The van der Waals surface area contributed by atoms with Crippen LogP contribution in [0.4, 0.5) is 5.82 Å². The Morgan fingerprint density at radius 2 is 2.29 bits per heavy atom. The summed E-state index contributed by atoms with van der Waals surface area (Å²) in [5, 5.41) is 9.51. The number of thiazole rings is 1. The van der Waals surface area contributed by atoms with E-state index in [0.29, 0.717) is 10.8 Å². The number of nitrogens with zero attached hydrogens (tertiary/aromatic N) is 2. The average Bonchev–Trinajstić information content (AvgIpc) is 2.96. The fourth-order valence-corrected chi connectivity index (χ4v) is 2.62. The first-order valence-electron chi connectivity index (χ1n) is 6.67. The van der Waals surface area contributed by atoms with Gasteiger partial charge in [-0.3, -0.25) is 4.79 Å². The predicted octanol–water partition coefficient (Wildman–Crippen LogP) is 3.04. The van der Waals surface area contributed by atoms with Crippen molar-refractivity contribution in [2.75, 3.05) is 11.9 Å². The van der Waals surface area contributed by atoms with Gasteiger partial charge in [0.2, 0.25) is 5.91 Å². The van der Waals surface area contributed by atoms with Crippen molar-refractivity contribution in [2.45, 2.75) is 26.3 Å². The molecule has 0 aliphatic heterocycles. The molecule has 1 amide bonds. The molecule has 0 aromatic carbocycles. The molecule has 0 radical (unpaired) electrons. The van der Waals surface area contributed by atoms with Crippen LogP contribution in [0, 0.1) is 0 Å². The molecule has 0 fully saturated rings. The van der Waals surface area contributed by atoms with Gasteiger partial charge in [-0.1, -0.05) is 18.5 Å². The van der Waals surface area contributed by atoms with Crippen molar-refractivity contribution in [3.8, 4) is 0 Å². The van der Waals surface area contributed by atoms with Crippen LogP contribution in [-0.2, 0) is 11.2 Å².